The Kier molecular flexibility index (Phi) is 8.22. The van der Waals surface area contributed by atoms with E-state index in [2.05, 4.69) is 38.8 Å². The van der Waals surface area contributed by atoms with Crippen molar-refractivity contribution in [1.29, 1.82) is 0 Å². The third kappa shape index (κ3) is 5.22. The fraction of sp³-hybridized carbons (Fsp3) is 0.407. The second-order valence-electron chi connectivity index (χ2n) is 9.41. The number of aryl methyl sites for hydroxylation is 1. The van der Waals surface area contributed by atoms with Gasteiger partial charge in [0.05, 0.1) is 0 Å². The number of carbonyl (C=O) groups is 3. The van der Waals surface area contributed by atoms with Gasteiger partial charge in [-0.3, -0.25) is 14.4 Å². The van der Waals surface area contributed by atoms with Gasteiger partial charge in [-0.2, -0.15) is 9.59 Å². The van der Waals surface area contributed by atoms with Gasteiger partial charge in [-0.05, 0) is 67.5 Å². The van der Waals surface area contributed by atoms with E-state index in [9.17, 15) is 14.4 Å². The zero-order chi connectivity index (χ0) is 25.1. The van der Waals surface area contributed by atoms with Crippen LogP contribution in [0.15, 0.2) is 45.3 Å². The van der Waals surface area contributed by atoms with Crippen molar-refractivity contribution < 1.29 is 24.0 Å². The normalized spacial score (nSPS) is 24.4. The fourth-order valence-corrected chi connectivity index (χ4v) is 6.03. The first kappa shape index (κ1) is 26.4. The van der Waals surface area contributed by atoms with Gasteiger partial charge in [-0.25, -0.2) is 0 Å². The van der Waals surface area contributed by atoms with Gasteiger partial charge >= 0.3 is 6.15 Å². The van der Waals surface area contributed by atoms with Gasteiger partial charge in [0.1, 0.15) is 5.78 Å². The van der Waals surface area contributed by atoms with Crippen LogP contribution < -0.4 is 0 Å². The van der Waals surface area contributed by atoms with Crippen molar-refractivity contribution in [1.82, 2.24) is 0 Å². The predicted molar refractivity (Wildman–Crippen MR) is 134 cm³/mol. The molecule has 2 atom stereocenters. The summed E-state index contributed by atoms with van der Waals surface area (Å²) in [5, 5.41) is 0. The largest absolute Gasteiger partial charge is 0.373 e. The molecule has 3 aliphatic carbocycles. The van der Waals surface area contributed by atoms with E-state index in [1.165, 1.54) is 5.56 Å². The highest BCUT2D eigenvalue weighted by Crippen LogP contribution is 2.53. The van der Waals surface area contributed by atoms with E-state index in [0.29, 0.717) is 31.5 Å². The Morgan fingerprint density at radius 3 is 2.09 bits per heavy atom. The van der Waals surface area contributed by atoms with Crippen molar-refractivity contribution in [3.8, 4) is 0 Å². The van der Waals surface area contributed by atoms with Gasteiger partial charge in [-0.15, -0.1) is 0 Å². The summed E-state index contributed by atoms with van der Waals surface area (Å²) in [6.45, 7) is 4.09. The summed E-state index contributed by atoms with van der Waals surface area (Å²) in [7, 11) is 0. The first-order valence-corrected chi connectivity index (χ1v) is 12.8. The van der Waals surface area contributed by atoms with Crippen LogP contribution in [-0.2, 0) is 27.2 Å². The number of Topliss-reactive ketones (excluding diaryl/α,β-unsaturated/α-hetero) is 3. The molecule has 0 N–H and O–H groups in total. The highest BCUT2D eigenvalue weighted by atomic mass is 79.9. The molecule has 1 spiro atoms. The Morgan fingerprint density at radius 1 is 0.882 bits per heavy atom. The second-order valence-corrected chi connectivity index (χ2v) is 11.2. The molecule has 0 amide bonds. The lowest BCUT2D eigenvalue weighted by molar-refractivity contribution is -0.191. The van der Waals surface area contributed by atoms with Crippen LogP contribution >= 0.6 is 31.9 Å². The third-order valence-corrected chi connectivity index (χ3v) is 8.32. The van der Waals surface area contributed by atoms with Crippen molar-refractivity contribution in [2.45, 2.75) is 58.8 Å². The Balaban J connectivity index is 0.000000194. The molecule has 1 fully saturated rings. The maximum atomic E-state index is 12.9. The molecule has 178 valence electrons. The topological polar surface area (TPSA) is 85.3 Å². The SMILES string of the molecule is CCC1(C)CC2(CCC1=O)Cc1ccc(Br)cc1C2=O.O=C1CCc2ccc(Br)cc21.O=C=O. The van der Waals surface area contributed by atoms with Crippen molar-refractivity contribution >= 4 is 55.4 Å². The molecule has 7 heteroatoms. The third-order valence-electron chi connectivity index (χ3n) is 7.33. The van der Waals surface area contributed by atoms with Crippen molar-refractivity contribution in [2.24, 2.45) is 10.8 Å². The number of carbonyl (C=O) groups excluding carboxylic acids is 5. The van der Waals surface area contributed by atoms with E-state index in [0.717, 1.165) is 44.9 Å². The zero-order valence-electron chi connectivity index (χ0n) is 19.2. The van der Waals surface area contributed by atoms with E-state index in [4.69, 9.17) is 9.59 Å². The molecule has 2 aromatic rings. The minimum atomic E-state index is -0.332. The summed E-state index contributed by atoms with van der Waals surface area (Å²) in [4.78, 5) is 52.6. The number of rotatable bonds is 1. The van der Waals surface area contributed by atoms with Crippen LogP contribution in [0.2, 0.25) is 0 Å². The molecule has 1 saturated carbocycles. The van der Waals surface area contributed by atoms with Crippen LogP contribution in [-0.4, -0.2) is 23.5 Å². The van der Waals surface area contributed by atoms with E-state index in [1.54, 1.807) is 0 Å². The second kappa shape index (κ2) is 10.6. The van der Waals surface area contributed by atoms with Crippen molar-refractivity contribution in [3.05, 3.63) is 67.6 Å². The van der Waals surface area contributed by atoms with Gasteiger partial charge in [-0.1, -0.05) is 57.8 Å². The Labute approximate surface area is 215 Å². The highest BCUT2D eigenvalue weighted by molar-refractivity contribution is 9.10. The van der Waals surface area contributed by atoms with Crippen LogP contribution in [0.25, 0.3) is 0 Å². The van der Waals surface area contributed by atoms with Gasteiger partial charge < -0.3 is 0 Å². The van der Waals surface area contributed by atoms with E-state index in [-0.39, 0.29) is 28.5 Å². The lowest BCUT2D eigenvalue weighted by Gasteiger charge is -2.42. The highest BCUT2D eigenvalue weighted by Gasteiger charge is 2.53. The molecule has 3 aliphatic rings. The average molecular weight is 590 g/mol. The van der Waals surface area contributed by atoms with Crippen LogP contribution in [0.4, 0.5) is 0 Å². The van der Waals surface area contributed by atoms with Gasteiger partial charge in [0, 0.05) is 43.7 Å². The predicted octanol–water partition coefficient (Wildman–Crippen LogP) is 6.34. The molecule has 0 aliphatic heterocycles. The lowest BCUT2D eigenvalue weighted by Crippen LogP contribution is -2.44. The lowest BCUT2D eigenvalue weighted by atomic mass is 9.59. The molecule has 0 aromatic heterocycles. The number of hydrogen-bond donors (Lipinski definition) is 0. The molecule has 0 bridgehead atoms. The maximum Gasteiger partial charge on any atom is 0.373 e. The molecule has 0 heterocycles. The van der Waals surface area contributed by atoms with Gasteiger partial charge in [0.2, 0.25) is 0 Å². The van der Waals surface area contributed by atoms with E-state index in [1.807, 2.05) is 43.3 Å². The summed E-state index contributed by atoms with van der Waals surface area (Å²) in [5.74, 6) is 0.859. The van der Waals surface area contributed by atoms with E-state index >= 15 is 0 Å². The molecule has 5 nitrogen and oxygen atoms in total. The van der Waals surface area contributed by atoms with Crippen molar-refractivity contribution in [3.63, 3.8) is 0 Å². The first-order chi connectivity index (χ1) is 16.1. The molecular weight excluding hydrogens is 564 g/mol. The minimum absolute atomic E-state index is 0.250. The quantitative estimate of drug-likeness (QED) is 0.387. The van der Waals surface area contributed by atoms with Crippen molar-refractivity contribution in [2.75, 3.05) is 0 Å². The summed E-state index contributed by atoms with van der Waals surface area (Å²) in [6, 6.07) is 11.9. The zero-order valence-corrected chi connectivity index (χ0v) is 22.4. The average Bonchev–Trinajstić information content (AvgIpc) is 3.30. The number of fused-ring (bicyclic) bond motifs is 2. The molecule has 34 heavy (non-hydrogen) atoms. The first-order valence-electron chi connectivity index (χ1n) is 11.3. The summed E-state index contributed by atoms with van der Waals surface area (Å²) in [5.41, 5.74) is 3.44. The molecule has 0 radical (unpaired) electrons. The molecule has 5 rings (SSSR count). The summed E-state index contributed by atoms with van der Waals surface area (Å²) < 4.78 is 1.94. The minimum Gasteiger partial charge on any atom is -0.299 e. The van der Waals surface area contributed by atoms with Crippen LogP contribution in [0, 0.1) is 10.8 Å². The smallest absolute Gasteiger partial charge is 0.299 e. The van der Waals surface area contributed by atoms with Crippen LogP contribution in [0.1, 0.15) is 77.8 Å². The number of benzene rings is 2. The Hall–Kier alpha value is -2.21. The standard InChI is InChI=1S/C17H19BrO2.C9H7BrO.CO2/c1-3-16(2)10-17(7-6-14(16)19)9-11-4-5-12(18)8-13(11)15(17)20;10-7-3-1-6-2-4-9(11)8(6)5-7;2-1-3/h4-5,8H,3,6-7,9-10H2,1-2H3;1,3,5H,2,4H2;. The fourth-order valence-electron chi connectivity index (χ4n) is 5.31. The number of halogens is 2. The Morgan fingerprint density at radius 2 is 1.47 bits per heavy atom. The number of ketones is 3. The number of hydrogen-bond acceptors (Lipinski definition) is 5. The molecular formula is C27H26Br2O5. The maximum absolute atomic E-state index is 12.9. The monoisotopic (exact) mass is 588 g/mol. The summed E-state index contributed by atoms with van der Waals surface area (Å²) in [6.07, 6.45) is 5.45. The molecule has 2 unspecified atom stereocenters. The molecule has 2 aromatic carbocycles. The van der Waals surface area contributed by atoms with Gasteiger partial charge in [0.25, 0.3) is 0 Å². The Bertz CT molecular complexity index is 1180. The van der Waals surface area contributed by atoms with E-state index < -0.39 is 0 Å². The van der Waals surface area contributed by atoms with Crippen LogP contribution in [0.3, 0.4) is 0 Å². The summed E-state index contributed by atoms with van der Waals surface area (Å²) >= 11 is 6.78. The van der Waals surface area contributed by atoms with Gasteiger partial charge in [0.15, 0.2) is 11.6 Å². The molecule has 0 saturated heterocycles. The van der Waals surface area contributed by atoms with Crippen LogP contribution in [0.5, 0.6) is 0 Å².